The molecule has 2 aliphatic rings. The van der Waals surface area contributed by atoms with E-state index >= 15 is 0 Å². The highest BCUT2D eigenvalue weighted by molar-refractivity contribution is 7.08. The molecule has 0 saturated carbocycles. The minimum absolute atomic E-state index is 0.715. The average Bonchev–Trinajstić information content (AvgIpc) is 3.18. The summed E-state index contributed by atoms with van der Waals surface area (Å²) in [5.41, 5.74) is 1.04. The molecule has 0 N–H and O–H groups in total. The van der Waals surface area contributed by atoms with Crippen LogP contribution in [-0.4, -0.2) is 67.6 Å². The minimum atomic E-state index is 0.715. The first-order chi connectivity index (χ1) is 11.4. The van der Waals surface area contributed by atoms with Gasteiger partial charge in [0.25, 0.3) is 0 Å². The summed E-state index contributed by atoms with van der Waals surface area (Å²) in [4.78, 5) is 18.4. The Morgan fingerprint density at radius 3 is 1.87 bits per heavy atom. The molecule has 4 rings (SSSR count). The summed E-state index contributed by atoms with van der Waals surface area (Å²) in [5, 5.41) is 4.11. The van der Waals surface area contributed by atoms with Gasteiger partial charge in [0.2, 0.25) is 11.9 Å². The first-order valence-corrected chi connectivity index (χ1v) is 8.78. The molecule has 2 aromatic rings. The van der Waals surface area contributed by atoms with E-state index < -0.39 is 0 Å². The standard InChI is InChI=1S/C15H19N5O2S/c1-10-23-11-12(1)13-16-14(19-2-6-21-7-3-19)18-15(17-13)20-4-8-22-9-5-20/h1,10-11H,2-9H2. The van der Waals surface area contributed by atoms with Crippen LogP contribution in [0.5, 0.6) is 0 Å². The zero-order chi connectivity index (χ0) is 15.5. The van der Waals surface area contributed by atoms with Crippen molar-refractivity contribution in [2.45, 2.75) is 0 Å². The minimum Gasteiger partial charge on any atom is -0.378 e. The van der Waals surface area contributed by atoms with Crippen LogP contribution in [0, 0.1) is 0 Å². The van der Waals surface area contributed by atoms with Crippen molar-refractivity contribution in [3.63, 3.8) is 0 Å². The predicted octanol–water partition coefficient (Wildman–Crippen LogP) is 1.27. The molecule has 2 aliphatic heterocycles. The van der Waals surface area contributed by atoms with Crippen molar-refractivity contribution in [1.29, 1.82) is 0 Å². The van der Waals surface area contributed by atoms with Crippen LogP contribution < -0.4 is 9.80 Å². The molecule has 122 valence electrons. The Balaban J connectivity index is 1.70. The van der Waals surface area contributed by atoms with Gasteiger partial charge in [-0.05, 0) is 11.4 Å². The highest BCUT2D eigenvalue weighted by Gasteiger charge is 2.21. The number of ether oxygens (including phenoxy) is 2. The van der Waals surface area contributed by atoms with Crippen molar-refractivity contribution in [3.05, 3.63) is 16.8 Å². The number of hydrogen-bond acceptors (Lipinski definition) is 8. The van der Waals surface area contributed by atoms with E-state index in [1.807, 2.05) is 11.4 Å². The Labute approximate surface area is 138 Å². The number of hydrogen-bond donors (Lipinski definition) is 0. The molecule has 0 spiro atoms. The summed E-state index contributed by atoms with van der Waals surface area (Å²) >= 11 is 1.65. The van der Waals surface area contributed by atoms with Crippen LogP contribution in [0.1, 0.15) is 0 Å². The summed E-state index contributed by atoms with van der Waals surface area (Å²) in [7, 11) is 0. The first kappa shape index (κ1) is 14.8. The number of morpholine rings is 2. The maximum Gasteiger partial charge on any atom is 0.230 e. The molecule has 4 heterocycles. The molecule has 2 fully saturated rings. The van der Waals surface area contributed by atoms with E-state index in [9.17, 15) is 0 Å². The highest BCUT2D eigenvalue weighted by atomic mass is 32.1. The predicted molar refractivity (Wildman–Crippen MR) is 89.2 cm³/mol. The van der Waals surface area contributed by atoms with Gasteiger partial charge in [0.15, 0.2) is 5.82 Å². The Bertz CT molecular complexity index is 603. The lowest BCUT2D eigenvalue weighted by molar-refractivity contribution is 0.121. The largest absolute Gasteiger partial charge is 0.378 e. The van der Waals surface area contributed by atoms with Crippen LogP contribution in [0.25, 0.3) is 11.4 Å². The Hall–Kier alpha value is -1.77. The summed E-state index contributed by atoms with van der Waals surface area (Å²) in [6, 6.07) is 2.05. The van der Waals surface area contributed by atoms with Gasteiger partial charge in [0.05, 0.1) is 26.4 Å². The van der Waals surface area contributed by atoms with Gasteiger partial charge in [-0.15, -0.1) is 0 Å². The summed E-state index contributed by atoms with van der Waals surface area (Å²) < 4.78 is 10.9. The molecule has 0 bridgehead atoms. The number of thiophene rings is 1. The van der Waals surface area contributed by atoms with Crippen LogP contribution in [0.2, 0.25) is 0 Å². The van der Waals surface area contributed by atoms with Gasteiger partial charge in [0, 0.05) is 37.1 Å². The third-order valence-corrected chi connectivity index (χ3v) is 4.66. The Morgan fingerprint density at radius 1 is 0.826 bits per heavy atom. The molecule has 2 saturated heterocycles. The van der Waals surface area contributed by atoms with Gasteiger partial charge in [-0.3, -0.25) is 0 Å². The monoisotopic (exact) mass is 333 g/mol. The van der Waals surface area contributed by atoms with E-state index in [1.54, 1.807) is 11.3 Å². The molecule has 0 amide bonds. The maximum absolute atomic E-state index is 5.43. The normalized spacial score (nSPS) is 19.1. The number of rotatable bonds is 3. The SMILES string of the molecule is c1cc(-c2nc(N3CCOCC3)nc(N3CCOCC3)n2)cs1. The molecule has 0 aliphatic carbocycles. The lowest BCUT2D eigenvalue weighted by Crippen LogP contribution is -2.40. The maximum atomic E-state index is 5.43. The van der Waals surface area contributed by atoms with Crippen LogP contribution >= 0.6 is 11.3 Å². The lowest BCUT2D eigenvalue weighted by Gasteiger charge is -2.30. The van der Waals surface area contributed by atoms with Crippen molar-refractivity contribution in [3.8, 4) is 11.4 Å². The fourth-order valence-electron chi connectivity index (χ4n) is 2.68. The van der Waals surface area contributed by atoms with E-state index in [1.165, 1.54) is 0 Å². The van der Waals surface area contributed by atoms with E-state index in [-0.39, 0.29) is 0 Å². The molecule has 0 aromatic carbocycles. The topological polar surface area (TPSA) is 63.6 Å². The zero-order valence-electron chi connectivity index (χ0n) is 12.8. The zero-order valence-corrected chi connectivity index (χ0v) is 13.7. The Kier molecular flexibility index (Phi) is 4.36. The van der Waals surface area contributed by atoms with Crippen LogP contribution in [0.15, 0.2) is 16.8 Å². The molecular formula is C15H19N5O2S. The molecule has 7 nitrogen and oxygen atoms in total. The highest BCUT2D eigenvalue weighted by Crippen LogP contribution is 2.24. The summed E-state index contributed by atoms with van der Waals surface area (Å²) in [6.07, 6.45) is 0. The molecule has 0 radical (unpaired) electrons. The van der Waals surface area contributed by atoms with Gasteiger partial charge < -0.3 is 19.3 Å². The van der Waals surface area contributed by atoms with Gasteiger partial charge in [-0.2, -0.15) is 26.3 Å². The summed E-state index contributed by atoms with van der Waals surface area (Å²) in [5.74, 6) is 2.22. The molecule has 0 atom stereocenters. The fourth-order valence-corrected chi connectivity index (χ4v) is 3.32. The number of aromatic nitrogens is 3. The van der Waals surface area contributed by atoms with Crippen LogP contribution in [-0.2, 0) is 9.47 Å². The lowest BCUT2D eigenvalue weighted by atomic mass is 10.3. The van der Waals surface area contributed by atoms with E-state index in [0.29, 0.717) is 26.4 Å². The summed E-state index contributed by atoms with van der Waals surface area (Å²) in [6.45, 7) is 6.12. The molecular weight excluding hydrogens is 314 g/mol. The van der Waals surface area contributed by atoms with Gasteiger partial charge in [0.1, 0.15) is 0 Å². The quantitative estimate of drug-likeness (QED) is 0.838. The van der Waals surface area contributed by atoms with Crippen molar-refractivity contribution in [2.24, 2.45) is 0 Å². The third kappa shape index (κ3) is 3.29. The number of anilines is 2. The smallest absolute Gasteiger partial charge is 0.230 e. The van der Waals surface area contributed by atoms with Gasteiger partial charge >= 0.3 is 0 Å². The van der Waals surface area contributed by atoms with E-state index in [0.717, 1.165) is 49.5 Å². The second kappa shape index (κ2) is 6.77. The molecule has 0 unspecified atom stereocenters. The fraction of sp³-hybridized carbons (Fsp3) is 0.533. The second-order valence-electron chi connectivity index (χ2n) is 5.47. The Morgan fingerprint density at radius 2 is 1.39 bits per heavy atom. The first-order valence-electron chi connectivity index (χ1n) is 7.84. The third-order valence-electron chi connectivity index (χ3n) is 3.98. The van der Waals surface area contributed by atoms with Crippen molar-refractivity contribution >= 4 is 23.2 Å². The van der Waals surface area contributed by atoms with Gasteiger partial charge in [-0.1, -0.05) is 0 Å². The molecule has 23 heavy (non-hydrogen) atoms. The number of nitrogens with zero attached hydrogens (tertiary/aromatic N) is 5. The molecule has 2 aromatic heterocycles. The van der Waals surface area contributed by atoms with E-state index in [2.05, 4.69) is 15.2 Å². The average molecular weight is 333 g/mol. The van der Waals surface area contributed by atoms with Crippen LogP contribution in [0.3, 0.4) is 0 Å². The van der Waals surface area contributed by atoms with Crippen molar-refractivity contribution < 1.29 is 9.47 Å². The van der Waals surface area contributed by atoms with Crippen LogP contribution in [0.4, 0.5) is 11.9 Å². The second-order valence-corrected chi connectivity index (χ2v) is 6.25. The van der Waals surface area contributed by atoms with Gasteiger partial charge in [-0.25, -0.2) is 0 Å². The van der Waals surface area contributed by atoms with Crippen molar-refractivity contribution in [2.75, 3.05) is 62.4 Å². The molecule has 8 heteroatoms. The van der Waals surface area contributed by atoms with Crippen molar-refractivity contribution in [1.82, 2.24) is 15.0 Å². The van der Waals surface area contributed by atoms with E-state index in [4.69, 9.17) is 24.4 Å².